The van der Waals surface area contributed by atoms with Crippen molar-refractivity contribution in [3.63, 3.8) is 0 Å². The maximum Gasteiger partial charge on any atom is 0.317 e. The lowest BCUT2D eigenvalue weighted by atomic mass is 10.1. The minimum Gasteiger partial charge on any atom is -0.480 e. The van der Waals surface area contributed by atoms with Gasteiger partial charge in [-0.3, -0.25) is 14.5 Å². The van der Waals surface area contributed by atoms with Gasteiger partial charge >= 0.3 is 5.97 Å². The van der Waals surface area contributed by atoms with Crippen molar-refractivity contribution in [3.05, 3.63) is 63.6 Å². The SMILES string of the molecule is CC(C)N(CC(=O)O)Cc1cccc(NC(=O)c2ccc(Cl)cc2Cl)c1. The third-order valence-corrected chi connectivity index (χ3v) is 4.36. The Labute approximate surface area is 162 Å². The number of rotatable bonds is 7. The third kappa shape index (κ3) is 5.73. The van der Waals surface area contributed by atoms with Crippen molar-refractivity contribution in [2.75, 3.05) is 11.9 Å². The van der Waals surface area contributed by atoms with Gasteiger partial charge in [0.15, 0.2) is 0 Å². The number of hydrogen-bond donors (Lipinski definition) is 2. The Hall–Kier alpha value is -2.08. The van der Waals surface area contributed by atoms with E-state index in [0.29, 0.717) is 22.8 Å². The molecule has 2 aromatic carbocycles. The Morgan fingerprint density at radius 3 is 2.50 bits per heavy atom. The van der Waals surface area contributed by atoms with Crippen LogP contribution in [0.15, 0.2) is 42.5 Å². The van der Waals surface area contributed by atoms with Crippen LogP contribution in [-0.4, -0.2) is 34.5 Å². The summed E-state index contributed by atoms with van der Waals surface area (Å²) in [5, 5.41) is 12.6. The molecule has 0 radical (unpaired) electrons. The molecular weight excluding hydrogens is 375 g/mol. The molecule has 2 rings (SSSR count). The first-order valence-corrected chi connectivity index (χ1v) is 8.83. The van der Waals surface area contributed by atoms with E-state index in [1.54, 1.807) is 18.2 Å². The molecule has 0 aromatic heterocycles. The number of halogens is 2. The van der Waals surface area contributed by atoms with Gasteiger partial charge in [0.1, 0.15) is 0 Å². The van der Waals surface area contributed by atoms with E-state index in [1.807, 2.05) is 36.9 Å². The van der Waals surface area contributed by atoms with E-state index < -0.39 is 5.97 Å². The summed E-state index contributed by atoms with van der Waals surface area (Å²) in [7, 11) is 0. The average molecular weight is 395 g/mol. The zero-order valence-electron chi connectivity index (χ0n) is 14.5. The topological polar surface area (TPSA) is 69.6 Å². The summed E-state index contributed by atoms with van der Waals surface area (Å²) >= 11 is 11.9. The lowest BCUT2D eigenvalue weighted by Crippen LogP contribution is -2.35. The predicted octanol–water partition coefficient (Wildman–Crippen LogP) is 4.54. The zero-order valence-corrected chi connectivity index (χ0v) is 16.0. The van der Waals surface area contributed by atoms with Gasteiger partial charge in [0.2, 0.25) is 0 Å². The minimum absolute atomic E-state index is 0.0470. The smallest absolute Gasteiger partial charge is 0.317 e. The number of carbonyl (C=O) groups excluding carboxylic acids is 1. The molecule has 0 aliphatic rings. The molecule has 7 heteroatoms. The highest BCUT2D eigenvalue weighted by Gasteiger charge is 2.15. The molecule has 0 fully saturated rings. The van der Waals surface area contributed by atoms with E-state index in [9.17, 15) is 9.59 Å². The van der Waals surface area contributed by atoms with Crippen molar-refractivity contribution >= 4 is 40.8 Å². The first kappa shape index (κ1) is 20.2. The Bertz CT molecular complexity index is 809. The summed E-state index contributed by atoms with van der Waals surface area (Å²) in [5.74, 6) is -1.21. The molecule has 0 spiro atoms. The second kappa shape index (κ2) is 9.03. The van der Waals surface area contributed by atoms with E-state index in [4.69, 9.17) is 28.3 Å². The van der Waals surface area contributed by atoms with Crippen LogP contribution >= 0.6 is 23.2 Å². The molecule has 1 amide bonds. The van der Waals surface area contributed by atoms with Crippen LogP contribution in [0.2, 0.25) is 10.0 Å². The number of nitrogens with zero attached hydrogens (tertiary/aromatic N) is 1. The van der Waals surface area contributed by atoms with Gasteiger partial charge in [-0.1, -0.05) is 35.3 Å². The summed E-state index contributed by atoms with van der Waals surface area (Å²) in [6.45, 7) is 4.30. The fraction of sp³-hybridized carbons (Fsp3) is 0.263. The van der Waals surface area contributed by atoms with E-state index in [-0.39, 0.29) is 23.5 Å². The van der Waals surface area contributed by atoms with Crippen LogP contribution in [0.25, 0.3) is 0 Å². The summed E-state index contributed by atoms with van der Waals surface area (Å²) in [6.07, 6.45) is 0. The number of hydrogen-bond acceptors (Lipinski definition) is 3. The normalized spacial score (nSPS) is 11.0. The van der Waals surface area contributed by atoms with Gasteiger partial charge in [-0.15, -0.1) is 0 Å². The van der Waals surface area contributed by atoms with Gasteiger partial charge in [-0.2, -0.15) is 0 Å². The van der Waals surface area contributed by atoms with Crippen LogP contribution < -0.4 is 5.32 Å². The van der Waals surface area contributed by atoms with Gasteiger partial charge in [0.05, 0.1) is 17.1 Å². The lowest BCUT2D eigenvalue weighted by Gasteiger charge is -2.24. The lowest BCUT2D eigenvalue weighted by molar-refractivity contribution is -0.138. The second-order valence-corrected chi connectivity index (χ2v) is 7.01. The molecule has 0 saturated carbocycles. The summed E-state index contributed by atoms with van der Waals surface area (Å²) in [4.78, 5) is 25.2. The number of carboxylic acids is 1. The molecule has 138 valence electrons. The van der Waals surface area contributed by atoms with E-state index in [0.717, 1.165) is 5.56 Å². The van der Waals surface area contributed by atoms with Gasteiger partial charge in [-0.05, 0) is 49.7 Å². The van der Waals surface area contributed by atoms with Crippen LogP contribution in [0.1, 0.15) is 29.8 Å². The van der Waals surface area contributed by atoms with Crippen molar-refractivity contribution < 1.29 is 14.7 Å². The summed E-state index contributed by atoms with van der Waals surface area (Å²) in [6, 6.07) is 12.1. The Balaban J connectivity index is 2.13. The monoisotopic (exact) mass is 394 g/mol. The molecule has 0 aliphatic carbocycles. The van der Waals surface area contributed by atoms with Crippen LogP contribution in [-0.2, 0) is 11.3 Å². The first-order chi connectivity index (χ1) is 12.3. The number of carboxylic acid groups (broad SMARTS) is 1. The number of benzene rings is 2. The molecule has 26 heavy (non-hydrogen) atoms. The Kier molecular flexibility index (Phi) is 7.03. The predicted molar refractivity (Wildman–Crippen MR) is 104 cm³/mol. The highest BCUT2D eigenvalue weighted by Crippen LogP contribution is 2.22. The van der Waals surface area contributed by atoms with Gasteiger partial charge < -0.3 is 10.4 Å². The number of nitrogens with one attached hydrogen (secondary N) is 1. The molecule has 0 bridgehead atoms. The Morgan fingerprint density at radius 1 is 1.15 bits per heavy atom. The molecule has 2 N–H and O–H groups in total. The number of amides is 1. The molecular formula is C19H20Cl2N2O3. The molecule has 0 aliphatic heterocycles. The average Bonchev–Trinajstić information content (AvgIpc) is 2.53. The van der Waals surface area contributed by atoms with Crippen molar-refractivity contribution in [1.82, 2.24) is 4.90 Å². The fourth-order valence-electron chi connectivity index (χ4n) is 2.45. The number of carbonyl (C=O) groups is 2. The third-order valence-electron chi connectivity index (χ3n) is 3.81. The maximum atomic E-state index is 12.4. The molecule has 5 nitrogen and oxygen atoms in total. The van der Waals surface area contributed by atoms with Crippen LogP contribution in [0, 0.1) is 0 Å². The van der Waals surface area contributed by atoms with Crippen molar-refractivity contribution in [2.24, 2.45) is 0 Å². The molecule has 0 unspecified atom stereocenters. The maximum absolute atomic E-state index is 12.4. The molecule has 0 atom stereocenters. The van der Waals surface area contributed by atoms with Crippen LogP contribution in [0.3, 0.4) is 0 Å². The fourth-order valence-corrected chi connectivity index (χ4v) is 2.94. The van der Waals surface area contributed by atoms with Gasteiger partial charge in [0, 0.05) is 23.3 Å². The van der Waals surface area contributed by atoms with Crippen LogP contribution in [0.5, 0.6) is 0 Å². The molecule has 0 saturated heterocycles. The first-order valence-electron chi connectivity index (χ1n) is 8.07. The standard InChI is InChI=1S/C19H20Cl2N2O3/c1-12(2)23(11-18(24)25)10-13-4-3-5-15(8-13)22-19(26)16-7-6-14(20)9-17(16)21/h3-9,12H,10-11H2,1-2H3,(H,22,26)(H,24,25). The van der Waals surface area contributed by atoms with E-state index in [2.05, 4.69) is 5.32 Å². The van der Waals surface area contributed by atoms with E-state index in [1.165, 1.54) is 6.07 Å². The molecule has 2 aromatic rings. The highest BCUT2D eigenvalue weighted by molar-refractivity contribution is 6.37. The second-order valence-electron chi connectivity index (χ2n) is 6.17. The van der Waals surface area contributed by atoms with Crippen LogP contribution in [0.4, 0.5) is 5.69 Å². The van der Waals surface area contributed by atoms with Gasteiger partial charge in [-0.25, -0.2) is 0 Å². The van der Waals surface area contributed by atoms with Crippen molar-refractivity contribution in [1.29, 1.82) is 0 Å². The molecule has 0 heterocycles. The van der Waals surface area contributed by atoms with E-state index >= 15 is 0 Å². The highest BCUT2D eigenvalue weighted by atomic mass is 35.5. The quantitative estimate of drug-likeness (QED) is 0.722. The van der Waals surface area contributed by atoms with Crippen molar-refractivity contribution in [3.8, 4) is 0 Å². The zero-order chi connectivity index (χ0) is 19.3. The largest absolute Gasteiger partial charge is 0.480 e. The van der Waals surface area contributed by atoms with Gasteiger partial charge in [0.25, 0.3) is 5.91 Å². The Morgan fingerprint density at radius 2 is 1.88 bits per heavy atom. The van der Waals surface area contributed by atoms with Crippen molar-refractivity contribution in [2.45, 2.75) is 26.4 Å². The number of aliphatic carboxylic acids is 1. The minimum atomic E-state index is -0.875. The number of anilines is 1. The summed E-state index contributed by atoms with van der Waals surface area (Å²) in [5.41, 5.74) is 1.84. The summed E-state index contributed by atoms with van der Waals surface area (Å²) < 4.78 is 0.